The van der Waals surface area contributed by atoms with Crippen molar-refractivity contribution in [3.05, 3.63) is 44.0 Å². The van der Waals surface area contributed by atoms with Crippen LogP contribution in [0.25, 0.3) is 0 Å². The summed E-state index contributed by atoms with van der Waals surface area (Å²) in [6, 6.07) is 8.46. The molecule has 3 nitrogen and oxygen atoms in total. The van der Waals surface area contributed by atoms with Crippen molar-refractivity contribution in [1.29, 1.82) is 0 Å². The highest BCUT2D eigenvalue weighted by molar-refractivity contribution is 14.1. The summed E-state index contributed by atoms with van der Waals surface area (Å²) in [7, 11) is 0. The summed E-state index contributed by atoms with van der Waals surface area (Å²) in [6.07, 6.45) is 0.834. The fourth-order valence-electron chi connectivity index (χ4n) is 1.83. The standard InChI is InChI=1S/C13H16IN3S/c1-8(2)12-13(18-17-16-12)11(15)7-9-3-5-10(14)6-4-9/h3-6,8,11H,7,15H2,1-2H3. The molecule has 0 fully saturated rings. The zero-order valence-corrected chi connectivity index (χ0v) is 13.4. The van der Waals surface area contributed by atoms with Gasteiger partial charge in [0, 0.05) is 9.61 Å². The van der Waals surface area contributed by atoms with E-state index in [4.69, 9.17) is 5.73 Å². The summed E-state index contributed by atoms with van der Waals surface area (Å²) in [5, 5.41) is 4.18. The third kappa shape index (κ3) is 3.27. The Balaban J connectivity index is 2.14. The van der Waals surface area contributed by atoms with Crippen molar-refractivity contribution in [3.8, 4) is 0 Å². The van der Waals surface area contributed by atoms with Crippen LogP contribution in [-0.2, 0) is 6.42 Å². The number of nitrogens with zero attached hydrogens (tertiary/aromatic N) is 2. The minimum atomic E-state index is -0.0116. The zero-order chi connectivity index (χ0) is 13.1. The van der Waals surface area contributed by atoms with Gasteiger partial charge < -0.3 is 5.73 Å². The van der Waals surface area contributed by atoms with Gasteiger partial charge in [0.1, 0.15) is 0 Å². The number of halogens is 1. The van der Waals surface area contributed by atoms with Crippen LogP contribution in [0.4, 0.5) is 0 Å². The summed E-state index contributed by atoms with van der Waals surface area (Å²) in [4.78, 5) is 1.11. The number of benzene rings is 1. The minimum Gasteiger partial charge on any atom is -0.323 e. The van der Waals surface area contributed by atoms with E-state index in [9.17, 15) is 0 Å². The Bertz CT molecular complexity index is 507. The van der Waals surface area contributed by atoms with Crippen LogP contribution in [0.2, 0.25) is 0 Å². The van der Waals surface area contributed by atoms with Crippen LogP contribution in [0.1, 0.15) is 41.9 Å². The van der Waals surface area contributed by atoms with Gasteiger partial charge in [-0.05, 0) is 64.2 Å². The van der Waals surface area contributed by atoms with Crippen molar-refractivity contribution in [2.75, 3.05) is 0 Å². The van der Waals surface area contributed by atoms with E-state index in [1.165, 1.54) is 20.7 Å². The monoisotopic (exact) mass is 373 g/mol. The van der Waals surface area contributed by atoms with Gasteiger partial charge in [0.15, 0.2) is 0 Å². The molecule has 1 aromatic heterocycles. The molecule has 1 unspecified atom stereocenters. The maximum absolute atomic E-state index is 6.28. The molecule has 0 amide bonds. The van der Waals surface area contributed by atoms with E-state index in [0.29, 0.717) is 5.92 Å². The number of hydrogen-bond donors (Lipinski definition) is 1. The van der Waals surface area contributed by atoms with Crippen molar-refractivity contribution >= 4 is 34.1 Å². The highest BCUT2D eigenvalue weighted by atomic mass is 127. The minimum absolute atomic E-state index is 0.0116. The van der Waals surface area contributed by atoms with E-state index in [2.05, 4.69) is 70.3 Å². The topological polar surface area (TPSA) is 51.8 Å². The molecule has 0 radical (unpaired) electrons. The second-order valence-electron chi connectivity index (χ2n) is 4.61. The molecule has 0 aliphatic carbocycles. The second kappa shape index (κ2) is 6.08. The van der Waals surface area contributed by atoms with E-state index < -0.39 is 0 Å². The van der Waals surface area contributed by atoms with Gasteiger partial charge >= 0.3 is 0 Å². The first-order chi connectivity index (χ1) is 8.58. The molecular weight excluding hydrogens is 357 g/mol. The van der Waals surface area contributed by atoms with E-state index in [0.717, 1.165) is 17.0 Å². The molecule has 2 N–H and O–H groups in total. The highest BCUT2D eigenvalue weighted by Crippen LogP contribution is 2.27. The molecule has 5 heteroatoms. The molecule has 0 aliphatic rings. The van der Waals surface area contributed by atoms with Gasteiger partial charge in [0.25, 0.3) is 0 Å². The molecule has 1 aromatic carbocycles. The van der Waals surface area contributed by atoms with E-state index in [1.807, 2.05) is 0 Å². The summed E-state index contributed by atoms with van der Waals surface area (Å²) >= 11 is 3.73. The van der Waals surface area contributed by atoms with E-state index in [-0.39, 0.29) is 6.04 Å². The highest BCUT2D eigenvalue weighted by Gasteiger charge is 2.18. The lowest BCUT2D eigenvalue weighted by Crippen LogP contribution is -2.14. The lowest BCUT2D eigenvalue weighted by molar-refractivity contribution is 0.700. The molecule has 2 aromatic rings. The Morgan fingerprint density at radius 2 is 1.94 bits per heavy atom. The fourth-order valence-corrected chi connectivity index (χ4v) is 2.99. The lowest BCUT2D eigenvalue weighted by atomic mass is 10.0. The van der Waals surface area contributed by atoms with Crippen LogP contribution in [0.15, 0.2) is 24.3 Å². The maximum Gasteiger partial charge on any atom is 0.0829 e. The largest absolute Gasteiger partial charge is 0.323 e. The van der Waals surface area contributed by atoms with Crippen LogP contribution in [0.3, 0.4) is 0 Å². The molecule has 0 saturated heterocycles. The van der Waals surface area contributed by atoms with Crippen molar-refractivity contribution in [1.82, 2.24) is 9.59 Å². The first-order valence-corrected chi connectivity index (χ1v) is 7.75. The summed E-state index contributed by atoms with van der Waals surface area (Å²) in [5.74, 6) is 0.376. The Labute approximate surface area is 125 Å². The van der Waals surface area contributed by atoms with Gasteiger partial charge in [-0.15, -0.1) is 5.10 Å². The quantitative estimate of drug-likeness (QED) is 0.835. The van der Waals surface area contributed by atoms with Crippen LogP contribution in [0.5, 0.6) is 0 Å². The molecule has 18 heavy (non-hydrogen) atoms. The molecule has 0 aliphatic heterocycles. The molecular formula is C13H16IN3S. The molecule has 0 bridgehead atoms. The molecule has 1 atom stereocenters. The Kier molecular flexibility index (Phi) is 4.69. The predicted molar refractivity (Wildman–Crippen MR) is 83.8 cm³/mol. The van der Waals surface area contributed by atoms with Gasteiger partial charge in [0.2, 0.25) is 0 Å². The van der Waals surface area contributed by atoms with Gasteiger partial charge in [-0.25, -0.2) is 0 Å². The molecule has 1 heterocycles. The maximum atomic E-state index is 6.28. The third-order valence-electron chi connectivity index (χ3n) is 2.79. The number of aromatic nitrogens is 2. The van der Waals surface area contributed by atoms with Crippen LogP contribution in [0, 0.1) is 3.57 Å². The fraction of sp³-hybridized carbons (Fsp3) is 0.385. The third-order valence-corrected chi connectivity index (χ3v) is 4.38. The predicted octanol–water partition coefficient (Wildman–Crippen LogP) is 3.51. The average molecular weight is 373 g/mol. The number of nitrogens with two attached hydrogens (primary N) is 1. The van der Waals surface area contributed by atoms with Crippen molar-refractivity contribution < 1.29 is 0 Å². The number of hydrogen-bond acceptors (Lipinski definition) is 4. The van der Waals surface area contributed by atoms with Gasteiger partial charge in [-0.1, -0.05) is 30.5 Å². The van der Waals surface area contributed by atoms with Crippen molar-refractivity contribution in [2.45, 2.75) is 32.2 Å². The molecule has 2 rings (SSSR count). The summed E-state index contributed by atoms with van der Waals surface area (Å²) < 4.78 is 5.27. The van der Waals surface area contributed by atoms with Crippen molar-refractivity contribution in [2.24, 2.45) is 5.73 Å². The SMILES string of the molecule is CC(C)c1nnsc1C(N)Cc1ccc(I)cc1. The molecule has 0 spiro atoms. The van der Waals surface area contributed by atoms with Gasteiger partial charge in [0.05, 0.1) is 10.6 Å². The Hall–Kier alpha value is -0.530. The number of rotatable bonds is 4. The molecule has 96 valence electrons. The normalized spacial score (nSPS) is 12.9. The first-order valence-electron chi connectivity index (χ1n) is 5.90. The van der Waals surface area contributed by atoms with Crippen LogP contribution < -0.4 is 5.73 Å². The smallest absolute Gasteiger partial charge is 0.0829 e. The van der Waals surface area contributed by atoms with E-state index in [1.54, 1.807) is 0 Å². The Morgan fingerprint density at radius 1 is 1.28 bits per heavy atom. The zero-order valence-electron chi connectivity index (χ0n) is 10.4. The second-order valence-corrected chi connectivity index (χ2v) is 6.65. The van der Waals surface area contributed by atoms with Gasteiger partial charge in [-0.3, -0.25) is 0 Å². The average Bonchev–Trinajstić information content (AvgIpc) is 2.81. The molecule has 0 saturated carbocycles. The van der Waals surface area contributed by atoms with Crippen LogP contribution >= 0.6 is 34.1 Å². The summed E-state index contributed by atoms with van der Waals surface area (Å²) in [6.45, 7) is 4.25. The summed E-state index contributed by atoms with van der Waals surface area (Å²) in [5.41, 5.74) is 8.57. The van der Waals surface area contributed by atoms with Crippen molar-refractivity contribution in [3.63, 3.8) is 0 Å². The van der Waals surface area contributed by atoms with Gasteiger partial charge in [-0.2, -0.15) is 0 Å². The van der Waals surface area contributed by atoms with E-state index >= 15 is 0 Å². The Morgan fingerprint density at radius 3 is 2.56 bits per heavy atom. The lowest BCUT2D eigenvalue weighted by Gasteiger charge is -2.12. The first kappa shape index (κ1) is 13.9. The van der Waals surface area contributed by atoms with Crippen LogP contribution in [-0.4, -0.2) is 9.59 Å².